The Labute approximate surface area is 319 Å². The van der Waals surface area contributed by atoms with Gasteiger partial charge in [0.1, 0.15) is 5.52 Å². The molecule has 54 heavy (non-hydrogen) atoms. The Morgan fingerprint density at radius 2 is 1.65 bits per heavy atom. The molecule has 3 aliphatic rings. The van der Waals surface area contributed by atoms with Gasteiger partial charge in [-0.1, -0.05) is 53.9 Å². The predicted molar refractivity (Wildman–Crippen MR) is 201 cm³/mol. The third kappa shape index (κ3) is 7.50. The van der Waals surface area contributed by atoms with Crippen LogP contribution in [0.15, 0.2) is 54.7 Å². The summed E-state index contributed by atoms with van der Waals surface area (Å²) in [6.07, 6.45) is 2.57. The molecule has 16 heteroatoms. The van der Waals surface area contributed by atoms with Gasteiger partial charge in [0, 0.05) is 43.5 Å². The summed E-state index contributed by atoms with van der Waals surface area (Å²) < 4.78 is 44.0. The van der Waals surface area contributed by atoms with Crippen LogP contribution in [0.25, 0.3) is 22.2 Å². The van der Waals surface area contributed by atoms with Gasteiger partial charge < -0.3 is 15.7 Å². The van der Waals surface area contributed by atoms with Crippen molar-refractivity contribution in [3.8, 4) is 11.1 Å². The Hall–Kier alpha value is -4.34. The highest BCUT2D eigenvalue weighted by molar-refractivity contribution is 6.39. The highest BCUT2D eigenvalue weighted by Gasteiger charge is 2.36. The maximum Gasteiger partial charge on any atom is 0.451 e. The molecule has 2 atom stereocenters. The highest BCUT2D eigenvalue weighted by atomic mass is 35.5. The molecule has 3 N–H and O–H groups in total. The van der Waals surface area contributed by atoms with E-state index in [0.717, 1.165) is 38.2 Å². The van der Waals surface area contributed by atoms with Gasteiger partial charge in [0.25, 0.3) is 5.91 Å². The summed E-state index contributed by atoms with van der Waals surface area (Å²) in [6.45, 7) is 4.41. The third-order valence-electron chi connectivity index (χ3n) is 10.4. The zero-order valence-corrected chi connectivity index (χ0v) is 30.7. The number of alkyl halides is 3. The van der Waals surface area contributed by atoms with Crippen molar-refractivity contribution in [1.29, 1.82) is 0 Å². The van der Waals surface area contributed by atoms with Gasteiger partial charge >= 0.3 is 6.18 Å². The number of hydrogen-bond donors (Lipinski definition) is 3. The van der Waals surface area contributed by atoms with Crippen molar-refractivity contribution in [2.24, 2.45) is 0 Å². The monoisotopic (exact) mass is 779 g/mol. The molecule has 0 saturated carbocycles. The van der Waals surface area contributed by atoms with Gasteiger partial charge in [0.15, 0.2) is 11.5 Å². The number of rotatable bonds is 8. The summed E-state index contributed by atoms with van der Waals surface area (Å²) >= 11 is 13.8. The van der Waals surface area contributed by atoms with Crippen molar-refractivity contribution in [2.75, 3.05) is 36.8 Å². The van der Waals surface area contributed by atoms with Crippen LogP contribution in [-0.4, -0.2) is 77.8 Å². The molecule has 6 heterocycles. The number of halogens is 5. The van der Waals surface area contributed by atoms with E-state index < -0.39 is 18.1 Å². The van der Waals surface area contributed by atoms with E-state index in [0.29, 0.717) is 54.1 Å². The Kier molecular flexibility index (Phi) is 10.2. The van der Waals surface area contributed by atoms with Crippen LogP contribution >= 0.6 is 23.2 Å². The average molecular weight is 781 g/mol. The quantitative estimate of drug-likeness (QED) is 0.143. The molecule has 3 aliphatic heterocycles. The minimum Gasteiger partial charge on any atom is -0.392 e. The van der Waals surface area contributed by atoms with E-state index in [4.69, 9.17) is 23.2 Å². The molecule has 2 saturated heterocycles. The SMILES string of the molecule is O=C(Nc1cccc(-c2cccc(Nc3nc(C(F)(F)F)nc4cc(CN5CC[C@@H](O)C5)cnc34)c2Cl)c1Cl)c1cc2n(n1)CCC[C@@H]2N1CCCCC1. The fraction of sp³-hybridized carbons (Fsp3) is 0.395. The normalized spacial score (nSPS) is 19.6. The number of carbonyl (C=O) groups is 1. The number of piperidine rings is 1. The number of β-amino-alcohol motifs (C(OH)–C–C–N with tert-alkyl or cyclic N) is 1. The summed E-state index contributed by atoms with van der Waals surface area (Å²) in [6, 6.07) is 13.9. The fourth-order valence-electron chi connectivity index (χ4n) is 7.73. The Morgan fingerprint density at radius 3 is 2.37 bits per heavy atom. The second-order valence-electron chi connectivity index (χ2n) is 14.1. The van der Waals surface area contributed by atoms with Crippen molar-refractivity contribution in [1.82, 2.24) is 34.5 Å². The average Bonchev–Trinajstić information content (AvgIpc) is 3.79. The summed E-state index contributed by atoms with van der Waals surface area (Å²) in [5.74, 6) is -1.89. The number of nitrogens with zero attached hydrogens (tertiary/aromatic N) is 7. The lowest BCUT2D eigenvalue weighted by Gasteiger charge is -2.36. The van der Waals surface area contributed by atoms with Crippen LogP contribution in [0, 0.1) is 0 Å². The number of aliphatic hydroxyl groups excluding tert-OH is 1. The Balaban J connectivity index is 1.05. The van der Waals surface area contributed by atoms with Crippen molar-refractivity contribution in [3.63, 3.8) is 0 Å². The number of likely N-dealkylation sites (tertiary alicyclic amines) is 2. The summed E-state index contributed by atoms with van der Waals surface area (Å²) in [5.41, 5.74) is 3.75. The van der Waals surface area contributed by atoms with E-state index in [1.165, 1.54) is 19.3 Å². The molecule has 0 radical (unpaired) electrons. The lowest BCUT2D eigenvalue weighted by Crippen LogP contribution is -2.36. The fourth-order valence-corrected chi connectivity index (χ4v) is 8.28. The number of amides is 1. The first-order chi connectivity index (χ1) is 26.0. The number of nitrogens with one attached hydrogen (secondary N) is 2. The number of benzene rings is 2. The van der Waals surface area contributed by atoms with Crippen molar-refractivity contribution < 1.29 is 23.1 Å². The van der Waals surface area contributed by atoms with Crippen LogP contribution < -0.4 is 10.6 Å². The molecule has 1 amide bonds. The zero-order valence-electron chi connectivity index (χ0n) is 29.2. The number of aliphatic hydroxyl groups is 1. The van der Waals surface area contributed by atoms with Crippen molar-refractivity contribution in [2.45, 2.75) is 69.9 Å². The van der Waals surface area contributed by atoms with Gasteiger partial charge in [-0.05, 0) is 75.0 Å². The van der Waals surface area contributed by atoms with Crippen LogP contribution in [0.4, 0.5) is 30.4 Å². The van der Waals surface area contributed by atoms with Gasteiger partial charge in [-0.2, -0.15) is 18.3 Å². The van der Waals surface area contributed by atoms with Gasteiger partial charge in [0.2, 0.25) is 5.82 Å². The molecule has 8 rings (SSSR count). The maximum atomic E-state index is 14.0. The number of hydrogen-bond acceptors (Lipinski definition) is 9. The molecule has 5 aromatic rings. The van der Waals surface area contributed by atoms with Crippen LogP contribution in [0.1, 0.15) is 72.1 Å². The smallest absolute Gasteiger partial charge is 0.392 e. The lowest BCUT2D eigenvalue weighted by molar-refractivity contribution is -0.144. The summed E-state index contributed by atoms with van der Waals surface area (Å²) in [4.78, 5) is 30.1. The number of anilines is 3. The standard InChI is InChI=1S/C38H38Cl2F3N9O2/c39-32-24(25-8-5-10-27(33(25)40)46-36(54)29-18-31-30(11-6-15-52(31)49-29)51-13-2-1-3-14-51)7-4-9-26(32)45-35-34-28(47-37(48-35)38(41,42)43)17-22(19-44-34)20-50-16-12-23(53)21-50/h4-5,7-10,17-19,23,30,53H,1-3,6,11-16,20-21H2,(H,46,54)(H,45,47,48)/t23-,30+/m1/s1. The lowest BCUT2D eigenvalue weighted by atomic mass is 9.99. The largest absolute Gasteiger partial charge is 0.451 e. The Bertz CT molecular complexity index is 2210. The van der Waals surface area contributed by atoms with E-state index >= 15 is 0 Å². The summed E-state index contributed by atoms with van der Waals surface area (Å²) in [7, 11) is 0. The molecule has 0 spiro atoms. The minimum absolute atomic E-state index is 0.0106. The van der Waals surface area contributed by atoms with E-state index in [1.54, 1.807) is 48.7 Å². The minimum atomic E-state index is -4.82. The second-order valence-corrected chi connectivity index (χ2v) is 14.9. The number of pyridine rings is 1. The van der Waals surface area contributed by atoms with Gasteiger partial charge in [-0.3, -0.25) is 24.3 Å². The second kappa shape index (κ2) is 15.1. The Morgan fingerprint density at radius 1 is 0.907 bits per heavy atom. The van der Waals surface area contributed by atoms with E-state index in [2.05, 4.69) is 35.6 Å². The molecular formula is C38H38Cl2F3N9O2. The molecule has 2 fully saturated rings. The van der Waals surface area contributed by atoms with Gasteiger partial charge in [-0.25, -0.2) is 9.97 Å². The van der Waals surface area contributed by atoms with E-state index in [-0.39, 0.29) is 44.5 Å². The van der Waals surface area contributed by atoms with Crippen molar-refractivity contribution in [3.05, 3.63) is 87.5 Å². The molecule has 0 aliphatic carbocycles. The van der Waals surface area contributed by atoms with Crippen LogP contribution in [0.3, 0.4) is 0 Å². The first-order valence-electron chi connectivity index (χ1n) is 18.1. The molecular weight excluding hydrogens is 742 g/mol. The zero-order chi connectivity index (χ0) is 37.6. The molecule has 3 aromatic heterocycles. The maximum absolute atomic E-state index is 14.0. The first kappa shape index (κ1) is 36.6. The number of aromatic nitrogens is 5. The van der Waals surface area contributed by atoms with Crippen LogP contribution in [0.2, 0.25) is 10.0 Å². The summed E-state index contributed by atoms with van der Waals surface area (Å²) in [5, 5.41) is 20.8. The molecule has 0 unspecified atom stereocenters. The topological polar surface area (TPSA) is 124 Å². The molecule has 0 bridgehead atoms. The predicted octanol–water partition coefficient (Wildman–Crippen LogP) is 8.10. The molecule has 282 valence electrons. The number of carbonyl (C=O) groups excluding carboxylic acids is 1. The van der Waals surface area contributed by atoms with Gasteiger partial charge in [0.05, 0.1) is 44.8 Å². The highest BCUT2D eigenvalue weighted by Crippen LogP contribution is 2.42. The number of fused-ring (bicyclic) bond motifs is 2. The third-order valence-corrected chi connectivity index (χ3v) is 11.2. The van der Waals surface area contributed by atoms with E-state index in [9.17, 15) is 23.1 Å². The number of aryl methyl sites for hydroxylation is 1. The molecule has 11 nitrogen and oxygen atoms in total. The molecule has 2 aromatic carbocycles. The van der Waals surface area contributed by atoms with Crippen LogP contribution in [0.5, 0.6) is 0 Å². The van der Waals surface area contributed by atoms with Gasteiger partial charge in [-0.15, -0.1) is 0 Å². The van der Waals surface area contributed by atoms with E-state index in [1.807, 2.05) is 15.6 Å². The van der Waals surface area contributed by atoms with Crippen molar-refractivity contribution >= 4 is 57.3 Å². The first-order valence-corrected chi connectivity index (χ1v) is 18.9. The van der Waals surface area contributed by atoms with Crippen LogP contribution in [-0.2, 0) is 19.3 Å².